The van der Waals surface area contributed by atoms with E-state index in [1.54, 1.807) is 16.9 Å². The van der Waals surface area contributed by atoms with E-state index in [0.29, 0.717) is 5.82 Å². The Balaban J connectivity index is 1.98. The minimum Gasteiger partial charge on any atom is -0.480 e. The molecule has 0 aromatic carbocycles. The number of anilines is 1. The van der Waals surface area contributed by atoms with Crippen molar-refractivity contribution in [1.82, 2.24) is 14.7 Å². The van der Waals surface area contributed by atoms with Crippen LogP contribution in [0.15, 0.2) is 12.3 Å². The number of carbonyl (C=O) groups excluding carboxylic acids is 1. The molecule has 2 unspecified atom stereocenters. The normalized spacial score (nSPS) is 22.7. The minimum absolute atomic E-state index is 0.0721. The van der Waals surface area contributed by atoms with Gasteiger partial charge in [-0.15, -0.1) is 0 Å². The zero-order valence-electron chi connectivity index (χ0n) is 12.1. The first kappa shape index (κ1) is 15.5. The lowest BCUT2D eigenvalue weighted by atomic mass is 10.2. The molecule has 8 nitrogen and oxygen atoms in total. The van der Waals surface area contributed by atoms with Crippen molar-refractivity contribution in [3.05, 3.63) is 12.3 Å². The van der Waals surface area contributed by atoms with E-state index in [9.17, 15) is 14.7 Å². The van der Waals surface area contributed by atoms with Crippen molar-refractivity contribution in [1.29, 1.82) is 0 Å². The molecule has 2 rings (SSSR count). The lowest BCUT2D eigenvalue weighted by Gasteiger charge is -2.20. The second-order valence-corrected chi connectivity index (χ2v) is 5.48. The van der Waals surface area contributed by atoms with E-state index in [4.69, 9.17) is 5.11 Å². The number of aliphatic carboxylic acids is 1. The Morgan fingerprint density at radius 3 is 2.86 bits per heavy atom. The van der Waals surface area contributed by atoms with Crippen LogP contribution in [0.3, 0.4) is 0 Å². The second-order valence-electron chi connectivity index (χ2n) is 5.48. The number of likely N-dealkylation sites (tertiary alicyclic amines) is 1. The molecule has 1 aliphatic rings. The average Bonchev–Trinajstić information content (AvgIpc) is 2.96. The molecule has 1 fully saturated rings. The highest BCUT2D eigenvalue weighted by atomic mass is 16.4. The predicted molar refractivity (Wildman–Crippen MR) is 74.9 cm³/mol. The number of carboxylic acids is 1. The topological polar surface area (TPSA) is 108 Å². The van der Waals surface area contributed by atoms with Crippen LogP contribution < -0.4 is 5.32 Å². The Bertz CT molecular complexity index is 528. The summed E-state index contributed by atoms with van der Waals surface area (Å²) < 4.78 is 1.67. The zero-order chi connectivity index (χ0) is 15.6. The van der Waals surface area contributed by atoms with Gasteiger partial charge in [0.1, 0.15) is 11.9 Å². The number of hydrogen-bond acceptors (Lipinski definition) is 5. The summed E-state index contributed by atoms with van der Waals surface area (Å²) in [7, 11) is 0. The molecular weight excluding hydrogens is 276 g/mol. The maximum absolute atomic E-state index is 12.0. The Hall–Kier alpha value is -1.93. The number of aliphatic hydroxyl groups excluding tert-OH is 1. The number of carbonyl (C=O) groups is 2. The Morgan fingerprint density at radius 1 is 1.52 bits per heavy atom. The molecule has 0 radical (unpaired) electrons. The lowest BCUT2D eigenvalue weighted by molar-refractivity contribution is -0.142. The number of hydrogen-bond donors (Lipinski definition) is 3. The van der Waals surface area contributed by atoms with Crippen molar-refractivity contribution >= 4 is 17.7 Å². The van der Waals surface area contributed by atoms with Crippen LogP contribution in [0.5, 0.6) is 0 Å². The summed E-state index contributed by atoms with van der Waals surface area (Å²) in [5, 5.41) is 25.5. The van der Waals surface area contributed by atoms with Crippen molar-refractivity contribution in [2.75, 3.05) is 18.4 Å². The van der Waals surface area contributed by atoms with Gasteiger partial charge in [0.05, 0.1) is 18.8 Å². The lowest BCUT2D eigenvalue weighted by Crippen LogP contribution is -2.41. The monoisotopic (exact) mass is 296 g/mol. The van der Waals surface area contributed by atoms with Crippen LogP contribution in [0.25, 0.3) is 0 Å². The number of aromatic nitrogens is 2. The molecule has 3 N–H and O–H groups in total. The third-order valence-electron chi connectivity index (χ3n) is 3.44. The van der Waals surface area contributed by atoms with Crippen molar-refractivity contribution in [3.8, 4) is 0 Å². The molecule has 1 saturated heterocycles. The van der Waals surface area contributed by atoms with Gasteiger partial charge in [-0.3, -0.25) is 14.5 Å². The summed E-state index contributed by atoms with van der Waals surface area (Å²) in [5.74, 6) is -0.772. The van der Waals surface area contributed by atoms with Crippen LogP contribution in [0, 0.1) is 0 Å². The summed E-state index contributed by atoms with van der Waals surface area (Å²) in [6.45, 7) is 4.00. The predicted octanol–water partition coefficient (Wildman–Crippen LogP) is -0.0777. The minimum atomic E-state index is -1.02. The molecule has 0 saturated carbocycles. The SMILES string of the molecule is CC(C)n1nccc1NC(=O)CN1CC(O)CC1C(=O)O. The van der Waals surface area contributed by atoms with Gasteiger partial charge in [0.15, 0.2) is 0 Å². The van der Waals surface area contributed by atoms with Crippen molar-refractivity contribution in [3.63, 3.8) is 0 Å². The number of carboxylic acid groups (broad SMARTS) is 1. The quantitative estimate of drug-likeness (QED) is 0.701. The van der Waals surface area contributed by atoms with Crippen LogP contribution in [0.1, 0.15) is 26.3 Å². The Morgan fingerprint density at radius 2 is 2.24 bits per heavy atom. The maximum atomic E-state index is 12.0. The van der Waals surface area contributed by atoms with Crippen LogP contribution in [0.4, 0.5) is 5.82 Å². The molecule has 0 bridgehead atoms. The van der Waals surface area contributed by atoms with Gasteiger partial charge in [0.25, 0.3) is 0 Å². The van der Waals surface area contributed by atoms with Crippen molar-refractivity contribution in [2.24, 2.45) is 0 Å². The molecule has 0 aliphatic carbocycles. The van der Waals surface area contributed by atoms with Crippen LogP contribution in [-0.4, -0.2) is 62.0 Å². The highest BCUT2D eigenvalue weighted by Crippen LogP contribution is 2.18. The number of amides is 1. The number of nitrogens with one attached hydrogen (secondary N) is 1. The smallest absolute Gasteiger partial charge is 0.321 e. The van der Waals surface area contributed by atoms with Gasteiger partial charge in [-0.1, -0.05) is 0 Å². The average molecular weight is 296 g/mol. The van der Waals surface area contributed by atoms with Gasteiger partial charge in [-0.25, -0.2) is 4.68 Å². The first-order chi connectivity index (χ1) is 9.88. The first-order valence-corrected chi connectivity index (χ1v) is 6.86. The first-order valence-electron chi connectivity index (χ1n) is 6.86. The highest BCUT2D eigenvalue weighted by molar-refractivity contribution is 5.92. The molecule has 1 aromatic heterocycles. The third-order valence-corrected chi connectivity index (χ3v) is 3.44. The van der Waals surface area contributed by atoms with E-state index < -0.39 is 18.1 Å². The third kappa shape index (κ3) is 3.59. The van der Waals surface area contributed by atoms with Gasteiger partial charge >= 0.3 is 5.97 Å². The number of β-amino-alcohol motifs (C(OH)–C–C–N with tert-alkyl or cyclic N) is 1. The highest BCUT2D eigenvalue weighted by Gasteiger charge is 2.36. The molecule has 1 aromatic rings. The molecule has 21 heavy (non-hydrogen) atoms. The fourth-order valence-electron chi connectivity index (χ4n) is 2.50. The van der Waals surface area contributed by atoms with Gasteiger partial charge in [0.2, 0.25) is 5.91 Å². The van der Waals surface area contributed by atoms with Gasteiger partial charge < -0.3 is 15.5 Å². The Kier molecular flexibility index (Phi) is 4.59. The van der Waals surface area contributed by atoms with Crippen molar-refractivity contribution in [2.45, 2.75) is 38.5 Å². The maximum Gasteiger partial charge on any atom is 0.321 e. The summed E-state index contributed by atoms with van der Waals surface area (Å²) in [6, 6.07) is 0.974. The molecule has 116 valence electrons. The van der Waals surface area contributed by atoms with Crippen molar-refractivity contribution < 1.29 is 19.8 Å². The summed E-state index contributed by atoms with van der Waals surface area (Å²) in [4.78, 5) is 24.6. The van der Waals surface area contributed by atoms with E-state index in [1.165, 1.54) is 4.90 Å². The van der Waals surface area contributed by atoms with Crippen LogP contribution >= 0.6 is 0 Å². The molecule has 0 spiro atoms. The molecule has 1 aliphatic heterocycles. The van der Waals surface area contributed by atoms with E-state index >= 15 is 0 Å². The van der Waals surface area contributed by atoms with E-state index in [2.05, 4.69) is 10.4 Å². The fraction of sp³-hybridized carbons (Fsp3) is 0.615. The molecule has 2 atom stereocenters. The molecule has 2 heterocycles. The van der Waals surface area contributed by atoms with Gasteiger partial charge in [-0.05, 0) is 13.8 Å². The molecule has 1 amide bonds. The number of rotatable bonds is 5. The zero-order valence-corrected chi connectivity index (χ0v) is 12.1. The van der Waals surface area contributed by atoms with Crippen LogP contribution in [-0.2, 0) is 9.59 Å². The standard InChI is InChI=1S/C13H20N4O4/c1-8(2)17-11(3-4-14-17)15-12(19)7-16-6-9(18)5-10(16)13(20)21/h3-4,8-10,18H,5-7H2,1-2H3,(H,15,19)(H,20,21). The summed E-state index contributed by atoms with van der Waals surface area (Å²) in [5.41, 5.74) is 0. The van der Waals surface area contributed by atoms with E-state index in [1.807, 2.05) is 13.8 Å². The van der Waals surface area contributed by atoms with E-state index in [-0.39, 0.29) is 31.5 Å². The van der Waals surface area contributed by atoms with Gasteiger partial charge in [-0.2, -0.15) is 5.10 Å². The van der Waals surface area contributed by atoms with Gasteiger partial charge in [0, 0.05) is 25.1 Å². The van der Waals surface area contributed by atoms with Crippen LogP contribution in [0.2, 0.25) is 0 Å². The largest absolute Gasteiger partial charge is 0.480 e. The Labute approximate surface area is 122 Å². The molecule has 8 heteroatoms. The second kappa shape index (κ2) is 6.23. The number of nitrogens with zero attached hydrogens (tertiary/aromatic N) is 3. The fourth-order valence-corrected chi connectivity index (χ4v) is 2.50. The number of aliphatic hydroxyl groups is 1. The summed E-state index contributed by atoms with van der Waals surface area (Å²) >= 11 is 0. The summed E-state index contributed by atoms with van der Waals surface area (Å²) in [6.07, 6.45) is 1.03. The van der Waals surface area contributed by atoms with E-state index in [0.717, 1.165) is 0 Å². The molecular formula is C13H20N4O4.